The quantitative estimate of drug-likeness (QED) is 0.799. The molecule has 0 aliphatic rings. The molecular formula is C16H17N5O. The summed E-state index contributed by atoms with van der Waals surface area (Å²) >= 11 is 0. The smallest absolute Gasteiger partial charge is 0.270 e. The zero-order valence-corrected chi connectivity index (χ0v) is 12.3. The van der Waals surface area contributed by atoms with E-state index >= 15 is 0 Å². The molecule has 1 heterocycles. The number of rotatable bonds is 6. The van der Waals surface area contributed by atoms with Gasteiger partial charge in [-0.15, -0.1) is 0 Å². The lowest BCUT2D eigenvalue weighted by Crippen LogP contribution is -2.25. The van der Waals surface area contributed by atoms with Gasteiger partial charge in [0.1, 0.15) is 23.9 Å². The van der Waals surface area contributed by atoms with Crippen LogP contribution in [0.3, 0.4) is 0 Å². The van der Waals surface area contributed by atoms with Gasteiger partial charge >= 0.3 is 0 Å². The molecule has 112 valence electrons. The summed E-state index contributed by atoms with van der Waals surface area (Å²) in [5.74, 6) is 0.241. The van der Waals surface area contributed by atoms with Gasteiger partial charge in [-0.25, -0.2) is 9.97 Å². The fourth-order valence-corrected chi connectivity index (χ4v) is 1.85. The van der Waals surface area contributed by atoms with Crippen molar-refractivity contribution in [3.63, 3.8) is 0 Å². The van der Waals surface area contributed by atoms with E-state index in [1.807, 2.05) is 6.07 Å². The molecule has 1 amide bonds. The standard InChI is InChI=1S/C16H17N5O/c1-2-3-8-18-16(22)14-9-15(20-11-19-14)21-13-7-5-4-6-12(13)10-17/h4-7,9,11H,2-3,8H2,1H3,(H,18,22)(H,19,20,21). The van der Waals surface area contributed by atoms with Gasteiger partial charge in [-0.05, 0) is 18.6 Å². The Balaban J connectivity index is 2.12. The van der Waals surface area contributed by atoms with Crippen molar-refractivity contribution in [1.29, 1.82) is 5.26 Å². The highest BCUT2D eigenvalue weighted by atomic mass is 16.1. The lowest BCUT2D eigenvalue weighted by Gasteiger charge is -2.08. The molecule has 0 radical (unpaired) electrons. The second-order valence-electron chi connectivity index (χ2n) is 4.68. The predicted octanol–water partition coefficient (Wildman–Crippen LogP) is 2.62. The molecule has 0 saturated carbocycles. The van der Waals surface area contributed by atoms with Crippen LogP contribution in [0.5, 0.6) is 0 Å². The van der Waals surface area contributed by atoms with Gasteiger partial charge in [-0.1, -0.05) is 25.5 Å². The molecule has 2 rings (SSSR count). The first-order valence-electron chi connectivity index (χ1n) is 7.11. The molecule has 2 N–H and O–H groups in total. The third-order valence-electron chi connectivity index (χ3n) is 3.03. The molecule has 0 unspecified atom stereocenters. The number of carbonyl (C=O) groups excluding carboxylic acids is 1. The highest BCUT2D eigenvalue weighted by molar-refractivity contribution is 5.93. The number of nitriles is 1. The molecule has 0 bridgehead atoms. The Labute approximate surface area is 129 Å². The van der Waals surface area contributed by atoms with Crippen LogP contribution in [0.25, 0.3) is 0 Å². The van der Waals surface area contributed by atoms with Crippen LogP contribution in [-0.4, -0.2) is 22.4 Å². The summed E-state index contributed by atoms with van der Waals surface area (Å²) in [6.45, 7) is 2.69. The van der Waals surface area contributed by atoms with E-state index in [4.69, 9.17) is 5.26 Å². The Morgan fingerprint density at radius 3 is 2.91 bits per heavy atom. The maximum Gasteiger partial charge on any atom is 0.270 e. The number of benzene rings is 1. The van der Waals surface area contributed by atoms with Crippen molar-refractivity contribution in [3.8, 4) is 6.07 Å². The number of hydrogen-bond acceptors (Lipinski definition) is 5. The molecule has 6 heteroatoms. The number of nitrogens with zero attached hydrogens (tertiary/aromatic N) is 3. The zero-order chi connectivity index (χ0) is 15.8. The van der Waals surface area contributed by atoms with Crippen LogP contribution in [0, 0.1) is 11.3 Å². The van der Waals surface area contributed by atoms with Crippen molar-refractivity contribution in [2.24, 2.45) is 0 Å². The molecule has 0 fully saturated rings. The van der Waals surface area contributed by atoms with Crippen LogP contribution >= 0.6 is 0 Å². The Morgan fingerprint density at radius 1 is 1.32 bits per heavy atom. The summed E-state index contributed by atoms with van der Waals surface area (Å²) in [7, 11) is 0. The molecule has 0 aliphatic carbocycles. The molecule has 22 heavy (non-hydrogen) atoms. The van der Waals surface area contributed by atoms with Gasteiger partial charge in [-0.3, -0.25) is 4.79 Å². The number of para-hydroxylation sites is 1. The number of nitrogens with one attached hydrogen (secondary N) is 2. The summed E-state index contributed by atoms with van der Waals surface area (Å²) < 4.78 is 0. The van der Waals surface area contributed by atoms with Crippen molar-refractivity contribution in [2.45, 2.75) is 19.8 Å². The van der Waals surface area contributed by atoms with E-state index < -0.39 is 0 Å². The topological polar surface area (TPSA) is 90.7 Å². The first-order chi connectivity index (χ1) is 10.7. The van der Waals surface area contributed by atoms with Crippen molar-refractivity contribution in [2.75, 3.05) is 11.9 Å². The fourth-order valence-electron chi connectivity index (χ4n) is 1.85. The van der Waals surface area contributed by atoms with Crippen molar-refractivity contribution >= 4 is 17.4 Å². The number of aromatic nitrogens is 2. The van der Waals surface area contributed by atoms with Gasteiger partial charge in [0.15, 0.2) is 0 Å². The third kappa shape index (κ3) is 4.03. The lowest BCUT2D eigenvalue weighted by atomic mass is 10.2. The van der Waals surface area contributed by atoms with Crippen LogP contribution in [-0.2, 0) is 0 Å². The van der Waals surface area contributed by atoms with Gasteiger partial charge in [-0.2, -0.15) is 5.26 Å². The van der Waals surface area contributed by atoms with E-state index in [9.17, 15) is 4.79 Å². The normalized spacial score (nSPS) is 9.82. The second kappa shape index (κ2) is 7.74. The monoisotopic (exact) mass is 295 g/mol. The minimum atomic E-state index is -0.229. The highest BCUT2D eigenvalue weighted by Crippen LogP contribution is 2.18. The summed E-state index contributed by atoms with van der Waals surface area (Å²) in [6.07, 6.45) is 3.27. The number of amides is 1. The molecule has 2 aromatic rings. The molecule has 0 aliphatic heterocycles. The van der Waals surface area contributed by atoms with Crippen LogP contribution in [0.15, 0.2) is 36.7 Å². The van der Waals surface area contributed by atoms with Crippen LogP contribution in [0.4, 0.5) is 11.5 Å². The molecule has 1 aromatic heterocycles. The van der Waals surface area contributed by atoms with E-state index in [0.717, 1.165) is 12.8 Å². The molecule has 0 spiro atoms. The first-order valence-corrected chi connectivity index (χ1v) is 7.11. The second-order valence-corrected chi connectivity index (χ2v) is 4.68. The zero-order valence-electron chi connectivity index (χ0n) is 12.3. The van der Waals surface area contributed by atoms with Crippen LogP contribution in [0.1, 0.15) is 35.8 Å². The van der Waals surface area contributed by atoms with Crippen molar-refractivity contribution < 1.29 is 4.79 Å². The van der Waals surface area contributed by atoms with E-state index in [0.29, 0.717) is 29.3 Å². The van der Waals surface area contributed by atoms with Crippen molar-refractivity contribution in [1.82, 2.24) is 15.3 Å². The first kappa shape index (κ1) is 15.4. The SMILES string of the molecule is CCCCNC(=O)c1cc(Nc2ccccc2C#N)ncn1. The van der Waals surface area contributed by atoms with E-state index in [1.165, 1.54) is 6.33 Å². The Hall–Kier alpha value is -2.94. The Morgan fingerprint density at radius 2 is 2.14 bits per heavy atom. The number of hydrogen-bond donors (Lipinski definition) is 2. The maximum absolute atomic E-state index is 12.0. The Kier molecular flexibility index (Phi) is 5.44. The van der Waals surface area contributed by atoms with Gasteiger partial charge < -0.3 is 10.6 Å². The van der Waals surface area contributed by atoms with Crippen LogP contribution < -0.4 is 10.6 Å². The van der Waals surface area contributed by atoms with E-state index in [-0.39, 0.29) is 5.91 Å². The number of carbonyl (C=O) groups is 1. The largest absolute Gasteiger partial charge is 0.351 e. The summed E-state index contributed by atoms with van der Waals surface area (Å²) in [5, 5.41) is 14.9. The molecule has 0 atom stereocenters. The summed E-state index contributed by atoms with van der Waals surface area (Å²) in [5.41, 5.74) is 1.44. The van der Waals surface area contributed by atoms with Gasteiger partial charge in [0, 0.05) is 12.6 Å². The molecule has 6 nitrogen and oxygen atoms in total. The Bertz CT molecular complexity index is 693. The van der Waals surface area contributed by atoms with Crippen molar-refractivity contribution in [3.05, 3.63) is 47.9 Å². The fraction of sp³-hybridized carbons (Fsp3) is 0.250. The number of unbranched alkanes of at least 4 members (excludes halogenated alkanes) is 1. The highest BCUT2D eigenvalue weighted by Gasteiger charge is 2.09. The number of anilines is 2. The van der Waals surface area contributed by atoms with Gasteiger partial charge in [0.25, 0.3) is 5.91 Å². The van der Waals surface area contributed by atoms with Crippen LogP contribution in [0.2, 0.25) is 0 Å². The lowest BCUT2D eigenvalue weighted by molar-refractivity contribution is 0.0948. The minimum Gasteiger partial charge on any atom is -0.351 e. The average molecular weight is 295 g/mol. The molecular weight excluding hydrogens is 278 g/mol. The maximum atomic E-state index is 12.0. The summed E-state index contributed by atoms with van der Waals surface area (Å²) in [4.78, 5) is 20.0. The third-order valence-corrected chi connectivity index (χ3v) is 3.03. The average Bonchev–Trinajstić information content (AvgIpc) is 2.56. The van der Waals surface area contributed by atoms with E-state index in [2.05, 4.69) is 33.6 Å². The van der Waals surface area contributed by atoms with Gasteiger partial charge in [0.2, 0.25) is 0 Å². The summed E-state index contributed by atoms with van der Waals surface area (Å²) in [6, 6.07) is 10.8. The van der Waals surface area contributed by atoms with E-state index in [1.54, 1.807) is 24.3 Å². The predicted molar refractivity (Wildman–Crippen MR) is 83.7 cm³/mol. The molecule has 1 aromatic carbocycles. The molecule has 0 saturated heterocycles. The minimum absolute atomic E-state index is 0.229. The van der Waals surface area contributed by atoms with Gasteiger partial charge in [0.05, 0.1) is 11.3 Å².